The second kappa shape index (κ2) is 5.98. The summed E-state index contributed by atoms with van der Waals surface area (Å²) >= 11 is 6.15. The van der Waals surface area contributed by atoms with Gasteiger partial charge in [0, 0.05) is 22.5 Å². The average Bonchev–Trinajstić information content (AvgIpc) is 2.50. The molecule has 0 aliphatic carbocycles. The third kappa shape index (κ3) is 3.23. The lowest BCUT2D eigenvalue weighted by atomic mass is 10.0. The Morgan fingerprint density at radius 1 is 0.952 bits per heavy atom. The zero-order valence-corrected chi connectivity index (χ0v) is 12.4. The van der Waals surface area contributed by atoms with Gasteiger partial charge in [-0.2, -0.15) is 0 Å². The summed E-state index contributed by atoms with van der Waals surface area (Å²) in [4.78, 5) is 4.35. The SMILES string of the molecule is Cc1ccnc(Nc2ccc(Cl)cc2-c2ccccc2)c1. The molecule has 0 spiro atoms. The number of halogens is 1. The molecule has 0 saturated heterocycles. The fourth-order valence-corrected chi connectivity index (χ4v) is 2.40. The first-order valence-electron chi connectivity index (χ1n) is 6.77. The third-order valence-electron chi connectivity index (χ3n) is 3.24. The first-order chi connectivity index (χ1) is 10.2. The van der Waals surface area contributed by atoms with E-state index in [2.05, 4.69) is 22.4 Å². The first-order valence-corrected chi connectivity index (χ1v) is 7.15. The van der Waals surface area contributed by atoms with Gasteiger partial charge in [0.15, 0.2) is 0 Å². The van der Waals surface area contributed by atoms with Crippen LogP contribution in [0.3, 0.4) is 0 Å². The van der Waals surface area contributed by atoms with Gasteiger partial charge in [-0.1, -0.05) is 41.9 Å². The van der Waals surface area contributed by atoms with Gasteiger partial charge in [0.2, 0.25) is 0 Å². The molecule has 2 aromatic carbocycles. The van der Waals surface area contributed by atoms with E-state index in [1.807, 2.05) is 55.5 Å². The highest BCUT2D eigenvalue weighted by Gasteiger charge is 2.07. The average molecular weight is 295 g/mol. The monoisotopic (exact) mass is 294 g/mol. The maximum atomic E-state index is 6.15. The summed E-state index contributed by atoms with van der Waals surface area (Å²) in [5, 5.41) is 4.09. The second-order valence-electron chi connectivity index (χ2n) is 4.90. The van der Waals surface area contributed by atoms with E-state index >= 15 is 0 Å². The Morgan fingerprint density at radius 3 is 2.52 bits per heavy atom. The molecule has 3 heteroatoms. The van der Waals surface area contributed by atoms with Crippen molar-refractivity contribution < 1.29 is 0 Å². The maximum Gasteiger partial charge on any atom is 0.130 e. The fourth-order valence-electron chi connectivity index (χ4n) is 2.22. The molecule has 104 valence electrons. The Bertz CT molecular complexity index is 754. The molecule has 0 unspecified atom stereocenters. The maximum absolute atomic E-state index is 6.15. The predicted molar refractivity (Wildman–Crippen MR) is 89.1 cm³/mol. The number of aromatic nitrogens is 1. The van der Waals surface area contributed by atoms with Gasteiger partial charge >= 0.3 is 0 Å². The van der Waals surface area contributed by atoms with Crippen molar-refractivity contribution in [1.29, 1.82) is 0 Å². The van der Waals surface area contributed by atoms with Crippen LogP contribution in [0.2, 0.25) is 5.02 Å². The number of hydrogen-bond acceptors (Lipinski definition) is 2. The number of pyridine rings is 1. The lowest BCUT2D eigenvalue weighted by Gasteiger charge is -2.12. The number of aryl methyl sites for hydroxylation is 1. The number of anilines is 2. The summed E-state index contributed by atoms with van der Waals surface area (Å²) in [5.41, 5.74) is 4.34. The van der Waals surface area contributed by atoms with E-state index in [1.54, 1.807) is 6.20 Å². The molecule has 1 aromatic heterocycles. The van der Waals surface area contributed by atoms with E-state index in [4.69, 9.17) is 11.6 Å². The smallest absolute Gasteiger partial charge is 0.130 e. The second-order valence-corrected chi connectivity index (χ2v) is 5.34. The van der Waals surface area contributed by atoms with Gasteiger partial charge in [-0.3, -0.25) is 0 Å². The highest BCUT2D eigenvalue weighted by molar-refractivity contribution is 6.31. The molecule has 0 atom stereocenters. The van der Waals surface area contributed by atoms with E-state index in [1.165, 1.54) is 5.56 Å². The Kier molecular flexibility index (Phi) is 3.89. The molecule has 0 bridgehead atoms. The summed E-state index contributed by atoms with van der Waals surface area (Å²) in [6, 6.07) is 20.0. The molecular weight excluding hydrogens is 280 g/mol. The topological polar surface area (TPSA) is 24.9 Å². The van der Waals surface area contributed by atoms with Gasteiger partial charge in [-0.15, -0.1) is 0 Å². The summed E-state index contributed by atoms with van der Waals surface area (Å²) in [6.07, 6.45) is 1.80. The number of nitrogens with zero attached hydrogens (tertiary/aromatic N) is 1. The molecule has 1 heterocycles. The first kappa shape index (κ1) is 13.7. The van der Waals surface area contributed by atoms with E-state index in [9.17, 15) is 0 Å². The standard InChI is InChI=1S/C18H15ClN2/c1-13-9-10-20-18(11-13)21-17-8-7-15(19)12-16(17)14-5-3-2-4-6-14/h2-12H,1H3,(H,20,21). The molecular formula is C18H15ClN2. The van der Waals surface area contributed by atoms with Gasteiger partial charge in [0.05, 0.1) is 0 Å². The predicted octanol–water partition coefficient (Wildman–Crippen LogP) is 5.45. The largest absolute Gasteiger partial charge is 0.340 e. The number of benzene rings is 2. The van der Waals surface area contributed by atoms with Gasteiger partial charge in [-0.25, -0.2) is 4.98 Å². The van der Waals surface area contributed by atoms with E-state index in [-0.39, 0.29) is 0 Å². The number of nitrogens with one attached hydrogen (secondary N) is 1. The van der Waals surface area contributed by atoms with Crippen LogP contribution in [0.1, 0.15) is 5.56 Å². The minimum absolute atomic E-state index is 0.719. The van der Waals surface area contributed by atoms with Crippen LogP contribution in [0.25, 0.3) is 11.1 Å². The molecule has 0 saturated carbocycles. The molecule has 1 N–H and O–H groups in total. The molecule has 0 aliphatic heterocycles. The van der Waals surface area contributed by atoms with Crippen LogP contribution < -0.4 is 5.32 Å². The van der Waals surface area contributed by atoms with Gasteiger partial charge < -0.3 is 5.32 Å². The molecule has 3 aromatic rings. The fraction of sp³-hybridized carbons (Fsp3) is 0.0556. The van der Waals surface area contributed by atoms with Crippen LogP contribution in [0.4, 0.5) is 11.5 Å². The van der Waals surface area contributed by atoms with Gasteiger partial charge in [-0.05, 0) is 48.4 Å². The molecule has 0 aliphatic rings. The number of hydrogen-bond donors (Lipinski definition) is 1. The highest BCUT2D eigenvalue weighted by Crippen LogP contribution is 2.32. The molecule has 0 amide bonds. The van der Waals surface area contributed by atoms with E-state index in [0.29, 0.717) is 0 Å². The van der Waals surface area contributed by atoms with Crippen molar-refractivity contribution in [2.75, 3.05) is 5.32 Å². The number of rotatable bonds is 3. The lowest BCUT2D eigenvalue weighted by molar-refractivity contribution is 1.27. The minimum atomic E-state index is 0.719. The van der Waals surface area contributed by atoms with Crippen molar-refractivity contribution in [2.24, 2.45) is 0 Å². The van der Waals surface area contributed by atoms with Crippen LogP contribution in [-0.2, 0) is 0 Å². The van der Waals surface area contributed by atoms with Crippen molar-refractivity contribution in [3.63, 3.8) is 0 Å². The molecule has 2 nitrogen and oxygen atoms in total. The Morgan fingerprint density at radius 2 is 1.76 bits per heavy atom. The molecule has 21 heavy (non-hydrogen) atoms. The highest BCUT2D eigenvalue weighted by atomic mass is 35.5. The quantitative estimate of drug-likeness (QED) is 0.694. The van der Waals surface area contributed by atoms with Crippen LogP contribution in [0, 0.1) is 6.92 Å². The summed E-state index contributed by atoms with van der Waals surface area (Å²) in [6.45, 7) is 2.05. The van der Waals surface area contributed by atoms with E-state index in [0.717, 1.165) is 27.7 Å². The zero-order valence-electron chi connectivity index (χ0n) is 11.7. The van der Waals surface area contributed by atoms with E-state index < -0.39 is 0 Å². The van der Waals surface area contributed by atoms with Crippen LogP contribution >= 0.6 is 11.6 Å². The van der Waals surface area contributed by atoms with Crippen molar-refractivity contribution in [2.45, 2.75) is 6.92 Å². The molecule has 0 fully saturated rings. The zero-order chi connectivity index (χ0) is 14.7. The molecule has 3 rings (SSSR count). The van der Waals surface area contributed by atoms with Crippen LogP contribution in [0.5, 0.6) is 0 Å². The van der Waals surface area contributed by atoms with Crippen molar-refractivity contribution in [3.8, 4) is 11.1 Å². The Hall–Kier alpha value is -2.32. The van der Waals surface area contributed by atoms with Gasteiger partial charge in [0.1, 0.15) is 5.82 Å². The minimum Gasteiger partial charge on any atom is -0.340 e. The summed E-state index contributed by atoms with van der Waals surface area (Å²) in [7, 11) is 0. The van der Waals surface area contributed by atoms with Crippen LogP contribution in [0.15, 0.2) is 66.9 Å². The van der Waals surface area contributed by atoms with Crippen LogP contribution in [-0.4, -0.2) is 4.98 Å². The Labute approximate surface area is 129 Å². The van der Waals surface area contributed by atoms with Crippen molar-refractivity contribution in [3.05, 3.63) is 77.4 Å². The normalized spacial score (nSPS) is 10.4. The van der Waals surface area contributed by atoms with Crippen molar-refractivity contribution >= 4 is 23.1 Å². The van der Waals surface area contributed by atoms with Gasteiger partial charge in [0.25, 0.3) is 0 Å². The third-order valence-corrected chi connectivity index (χ3v) is 3.48. The summed E-state index contributed by atoms with van der Waals surface area (Å²) < 4.78 is 0. The Balaban J connectivity index is 2.03. The van der Waals surface area contributed by atoms with Crippen molar-refractivity contribution in [1.82, 2.24) is 4.98 Å². The summed E-state index contributed by atoms with van der Waals surface area (Å²) in [5.74, 6) is 0.828. The molecule has 0 radical (unpaired) electrons. The lowest BCUT2D eigenvalue weighted by Crippen LogP contribution is -1.96.